The van der Waals surface area contributed by atoms with Gasteiger partial charge in [0.25, 0.3) is 5.56 Å². The van der Waals surface area contributed by atoms with E-state index in [0.717, 1.165) is 28.1 Å². The molecule has 0 spiro atoms. The van der Waals surface area contributed by atoms with Crippen LogP contribution in [0.15, 0.2) is 74.9 Å². The van der Waals surface area contributed by atoms with Crippen molar-refractivity contribution < 1.29 is 4.52 Å². The summed E-state index contributed by atoms with van der Waals surface area (Å²) < 4.78 is 6.69. The highest BCUT2D eigenvalue weighted by Crippen LogP contribution is 2.21. The average Bonchev–Trinajstić information content (AvgIpc) is 3.24. The number of rotatable bonds is 6. The molecule has 0 bridgehead atoms. The van der Waals surface area contributed by atoms with E-state index in [-0.39, 0.29) is 12.1 Å². The second-order valence-electron chi connectivity index (χ2n) is 6.51. The van der Waals surface area contributed by atoms with Crippen LogP contribution in [0.1, 0.15) is 18.4 Å². The van der Waals surface area contributed by atoms with Crippen molar-refractivity contribution in [3.05, 3.63) is 82.5 Å². The SMILES string of the molecule is CCc1ccc(-c2ccc(=O)n(Cc3nc(-c4ccc(SC)cc4)no3)n2)cc1. The van der Waals surface area contributed by atoms with Crippen LogP contribution in [-0.2, 0) is 13.0 Å². The Morgan fingerprint density at radius 1 is 0.966 bits per heavy atom. The Morgan fingerprint density at radius 3 is 2.38 bits per heavy atom. The van der Waals surface area contributed by atoms with Gasteiger partial charge < -0.3 is 4.52 Å². The lowest BCUT2D eigenvalue weighted by atomic mass is 10.1. The van der Waals surface area contributed by atoms with Crippen molar-refractivity contribution in [1.29, 1.82) is 0 Å². The van der Waals surface area contributed by atoms with Crippen molar-refractivity contribution in [2.45, 2.75) is 24.8 Å². The molecule has 0 radical (unpaired) electrons. The maximum atomic E-state index is 12.3. The number of thioether (sulfide) groups is 1. The molecule has 2 heterocycles. The summed E-state index contributed by atoms with van der Waals surface area (Å²) in [6.45, 7) is 2.23. The van der Waals surface area contributed by atoms with Gasteiger partial charge in [0.15, 0.2) is 0 Å². The van der Waals surface area contributed by atoms with Gasteiger partial charge in [-0.15, -0.1) is 11.8 Å². The molecule has 4 aromatic rings. The molecule has 146 valence electrons. The lowest BCUT2D eigenvalue weighted by Gasteiger charge is -2.06. The van der Waals surface area contributed by atoms with Crippen LogP contribution in [0.3, 0.4) is 0 Å². The van der Waals surface area contributed by atoms with Gasteiger partial charge in [0, 0.05) is 22.1 Å². The molecular weight excluding hydrogens is 384 g/mol. The Kier molecular flexibility index (Phi) is 5.57. The largest absolute Gasteiger partial charge is 0.337 e. The molecule has 0 amide bonds. The summed E-state index contributed by atoms with van der Waals surface area (Å²) in [5.74, 6) is 0.828. The number of aryl methyl sites for hydroxylation is 1. The summed E-state index contributed by atoms with van der Waals surface area (Å²) in [5, 5.41) is 8.50. The van der Waals surface area contributed by atoms with E-state index < -0.39 is 0 Å². The third-order valence-corrected chi connectivity index (χ3v) is 5.37. The molecule has 0 saturated carbocycles. The second-order valence-corrected chi connectivity index (χ2v) is 7.38. The van der Waals surface area contributed by atoms with E-state index in [2.05, 4.69) is 34.3 Å². The first kappa shape index (κ1) is 19.1. The van der Waals surface area contributed by atoms with Crippen LogP contribution in [-0.4, -0.2) is 26.2 Å². The van der Waals surface area contributed by atoms with E-state index in [4.69, 9.17) is 4.52 Å². The Morgan fingerprint density at radius 2 is 1.69 bits per heavy atom. The molecule has 0 aliphatic carbocycles. The highest BCUT2D eigenvalue weighted by Gasteiger charge is 2.11. The van der Waals surface area contributed by atoms with E-state index in [9.17, 15) is 4.79 Å². The van der Waals surface area contributed by atoms with E-state index >= 15 is 0 Å². The van der Waals surface area contributed by atoms with Gasteiger partial charge in [0.2, 0.25) is 11.7 Å². The van der Waals surface area contributed by atoms with Crippen LogP contribution in [0, 0.1) is 0 Å². The predicted octanol–water partition coefficient (Wildman–Crippen LogP) is 4.29. The topological polar surface area (TPSA) is 73.8 Å². The van der Waals surface area contributed by atoms with Gasteiger partial charge in [0.1, 0.15) is 6.54 Å². The smallest absolute Gasteiger partial charge is 0.267 e. The second kappa shape index (κ2) is 8.45. The lowest BCUT2D eigenvalue weighted by Crippen LogP contribution is -2.23. The molecule has 0 saturated heterocycles. The number of nitrogens with zero attached hydrogens (tertiary/aromatic N) is 4. The number of aromatic nitrogens is 4. The van der Waals surface area contributed by atoms with Crippen molar-refractivity contribution in [3.8, 4) is 22.6 Å². The normalized spacial score (nSPS) is 11.0. The highest BCUT2D eigenvalue weighted by molar-refractivity contribution is 7.98. The lowest BCUT2D eigenvalue weighted by molar-refractivity contribution is 0.363. The van der Waals surface area contributed by atoms with Crippen LogP contribution in [0.4, 0.5) is 0 Å². The van der Waals surface area contributed by atoms with Gasteiger partial charge in [-0.25, -0.2) is 4.68 Å². The average molecular weight is 404 g/mol. The van der Waals surface area contributed by atoms with Crippen LogP contribution >= 0.6 is 11.8 Å². The minimum absolute atomic E-state index is 0.121. The van der Waals surface area contributed by atoms with Crippen molar-refractivity contribution in [2.75, 3.05) is 6.26 Å². The van der Waals surface area contributed by atoms with Crippen LogP contribution in [0.2, 0.25) is 0 Å². The zero-order chi connectivity index (χ0) is 20.2. The molecule has 0 aliphatic heterocycles. The Labute approximate surface area is 172 Å². The summed E-state index contributed by atoms with van der Waals surface area (Å²) in [7, 11) is 0. The molecule has 2 aromatic carbocycles. The number of benzene rings is 2. The first-order chi connectivity index (χ1) is 14.2. The summed E-state index contributed by atoms with van der Waals surface area (Å²) in [5.41, 5.74) is 3.58. The highest BCUT2D eigenvalue weighted by atomic mass is 32.2. The fourth-order valence-corrected chi connectivity index (χ4v) is 3.34. The molecule has 7 heteroatoms. The summed E-state index contributed by atoms with van der Waals surface area (Å²) in [6.07, 6.45) is 3.01. The molecule has 29 heavy (non-hydrogen) atoms. The van der Waals surface area contributed by atoms with E-state index in [1.807, 2.05) is 42.7 Å². The third kappa shape index (κ3) is 4.30. The molecule has 4 rings (SSSR count). The van der Waals surface area contributed by atoms with E-state index in [1.54, 1.807) is 17.8 Å². The zero-order valence-electron chi connectivity index (χ0n) is 16.2. The van der Waals surface area contributed by atoms with Crippen LogP contribution in [0.5, 0.6) is 0 Å². The van der Waals surface area contributed by atoms with Gasteiger partial charge >= 0.3 is 0 Å². The zero-order valence-corrected chi connectivity index (χ0v) is 17.0. The van der Waals surface area contributed by atoms with Crippen molar-refractivity contribution in [3.63, 3.8) is 0 Å². The summed E-state index contributed by atoms with van der Waals surface area (Å²) >= 11 is 1.67. The first-order valence-electron chi connectivity index (χ1n) is 9.31. The molecule has 0 fully saturated rings. The standard InChI is InChI=1S/C22H20N4O2S/c1-3-15-4-6-16(7-5-15)19-12-13-21(27)26(24-19)14-20-23-22(25-28-20)17-8-10-18(29-2)11-9-17/h4-13H,3,14H2,1-2H3. The molecule has 0 N–H and O–H groups in total. The Hall–Kier alpha value is -3.19. The van der Waals surface area contributed by atoms with Crippen molar-refractivity contribution in [2.24, 2.45) is 0 Å². The maximum absolute atomic E-state index is 12.3. The molecule has 0 unspecified atom stereocenters. The van der Waals surface area contributed by atoms with Gasteiger partial charge in [0.05, 0.1) is 5.69 Å². The van der Waals surface area contributed by atoms with Crippen molar-refractivity contribution in [1.82, 2.24) is 19.9 Å². The number of hydrogen-bond donors (Lipinski definition) is 0. The minimum atomic E-state index is -0.219. The minimum Gasteiger partial charge on any atom is -0.337 e. The fraction of sp³-hybridized carbons (Fsp3) is 0.182. The molecule has 0 aliphatic rings. The molecule has 6 nitrogen and oxygen atoms in total. The quantitative estimate of drug-likeness (QED) is 0.446. The first-order valence-corrected chi connectivity index (χ1v) is 10.5. The third-order valence-electron chi connectivity index (χ3n) is 4.63. The molecule has 2 aromatic heterocycles. The van der Waals surface area contributed by atoms with Gasteiger partial charge in [-0.3, -0.25) is 4.79 Å². The molecular formula is C22H20N4O2S. The van der Waals surface area contributed by atoms with Crippen molar-refractivity contribution >= 4 is 11.8 Å². The van der Waals surface area contributed by atoms with Crippen LogP contribution in [0.25, 0.3) is 22.6 Å². The summed E-state index contributed by atoms with van der Waals surface area (Å²) in [6, 6.07) is 19.3. The van der Waals surface area contributed by atoms with Gasteiger partial charge in [-0.05, 0) is 48.6 Å². The van der Waals surface area contributed by atoms with E-state index in [1.165, 1.54) is 16.3 Å². The molecule has 0 atom stereocenters. The predicted molar refractivity (Wildman–Crippen MR) is 114 cm³/mol. The van der Waals surface area contributed by atoms with Crippen LogP contribution < -0.4 is 5.56 Å². The number of hydrogen-bond acceptors (Lipinski definition) is 6. The Balaban J connectivity index is 1.57. The summed E-state index contributed by atoms with van der Waals surface area (Å²) in [4.78, 5) is 17.8. The fourth-order valence-electron chi connectivity index (χ4n) is 2.93. The van der Waals surface area contributed by atoms with Gasteiger partial charge in [-0.2, -0.15) is 10.1 Å². The monoisotopic (exact) mass is 404 g/mol. The Bertz CT molecular complexity index is 1160. The maximum Gasteiger partial charge on any atom is 0.267 e. The van der Waals surface area contributed by atoms with Gasteiger partial charge in [-0.1, -0.05) is 36.3 Å². The van der Waals surface area contributed by atoms with E-state index in [0.29, 0.717) is 11.7 Å².